The summed E-state index contributed by atoms with van der Waals surface area (Å²) in [6.07, 6.45) is 2.49. The van der Waals surface area contributed by atoms with Crippen molar-refractivity contribution < 1.29 is 9.47 Å². The first-order valence-corrected chi connectivity index (χ1v) is 9.46. The number of nitrogens with one attached hydrogen (secondary N) is 1. The molecule has 0 bridgehead atoms. The normalized spacial score (nSPS) is 17.4. The van der Waals surface area contributed by atoms with Gasteiger partial charge in [-0.2, -0.15) is 0 Å². The number of ether oxygens (including phenoxy) is 2. The quantitative estimate of drug-likeness (QED) is 0.345. The summed E-state index contributed by atoms with van der Waals surface area (Å²) in [5, 5.41) is 3.54. The lowest BCUT2D eigenvalue weighted by Gasteiger charge is -2.24. The van der Waals surface area contributed by atoms with Crippen molar-refractivity contribution in [2.75, 3.05) is 54.5 Å². The van der Waals surface area contributed by atoms with Gasteiger partial charge in [0.2, 0.25) is 0 Å². The lowest BCUT2D eigenvalue weighted by atomic mass is 10.1. The third-order valence-electron chi connectivity index (χ3n) is 4.93. The maximum absolute atomic E-state index is 5.51. The van der Waals surface area contributed by atoms with Crippen molar-refractivity contribution in [3.05, 3.63) is 23.8 Å². The summed E-state index contributed by atoms with van der Waals surface area (Å²) < 4.78 is 10.8. The second kappa shape index (κ2) is 12.3. The lowest BCUT2D eigenvalue weighted by Crippen LogP contribution is -2.41. The van der Waals surface area contributed by atoms with Crippen LogP contribution >= 0.6 is 24.0 Å². The summed E-state index contributed by atoms with van der Waals surface area (Å²) in [5.41, 5.74) is 1.11. The van der Waals surface area contributed by atoms with Gasteiger partial charge in [-0.25, -0.2) is 0 Å². The maximum Gasteiger partial charge on any atom is 0.193 e. The summed E-state index contributed by atoms with van der Waals surface area (Å²) in [5.74, 6) is 3.24. The maximum atomic E-state index is 5.51. The Morgan fingerprint density at radius 2 is 2.11 bits per heavy atom. The first-order valence-electron chi connectivity index (χ1n) is 9.46. The van der Waals surface area contributed by atoms with Gasteiger partial charge >= 0.3 is 0 Å². The molecule has 1 unspecified atom stereocenters. The molecule has 0 saturated carbocycles. The number of aliphatic imine (C=N–C) groups is 1. The molecule has 1 fully saturated rings. The van der Waals surface area contributed by atoms with Crippen molar-refractivity contribution in [3.63, 3.8) is 0 Å². The number of benzene rings is 1. The molecule has 1 heterocycles. The van der Waals surface area contributed by atoms with E-state index < -0.39 is 0 Å². The van der Waals surface area contributed by atoms with E-state index in [1.54, 1.807) is 14.2 Å². The molecule has 0 spiro atoms. The van der Waals surface area contributed by atoms with Gasteiger partial charge < -0.3 is 24.6 Å². The Kier molecular flexibility index (Phi) is 10.8. The summed E-state index contributed by atoms with van der Waals surface area (Å²) >= 11 is 0. The molecule has 1 aromatic rings. The highest BCUT2D eigenvalue weighted by molar-refractivity contribution is 14.0. The number of likely N-dealkylation sites (tertiary alicyclic amines) is 1. The SMILES string of the molecule is CCCN1CCC(CNC(=NC)N(C)Cc2ccc(OC)cc2OC)C1.I. The number of rotatable bonds is 8. The van der Waals surface area contributed by atoms with E-state index in [1.807, 2.05) is 25.2 Å². The smallest absolute Gasteiger partial charge is 0.193 e. The van der Waals surface area contributed by atoms with Crippen LogP contribution in [0.4, 0.5) is 0 Å². The summed E-state index contributed by atoms with van der Waals surface area (Å²) in [4.78, 5) is 9.13. The Hall–Kier alpha value is -1.22. The molecule has 1 atom stereocenters. The molecule has 154 valence electrons. The number of methoxy groups -OCH3 is 2. The van der Waals surface area contributed by atoms with Crippen LogP contribution in [0.15, 0.2) is 23.2 Å². The van der Waals surface area contributed by atoms with Gasteiger partial charge in [-0.3, -0.25) is 4.99 Å². The number of hydrogen-bond donors (Lipinski definition) is 1. The molecule has 27 heavy (non-hydrogen) atoms. The summed E-state index contributed by atoms with van der Waals surface area (Å²) in [6.45, 7) is 7.56. The molecule has 0 aromatic heterocycles. The standard InChI is InChI=1S/C20H34N4O2.HI/c1-6-10-24-11-9-16(14-24)13-22-20(21-2)23(3)15-17-7-8-18(25-4)12-19(17)26-5;/h7-8,12,16H,6,9-11,13-15H2,1-5H3,(H,21,22);1H. The number of guanidine groups is 1. The average molecular weight is 490 g/mol. The van der Waals surface area contributed by atoms with Gasteiger partial charge in [0.05, 0.1) is 14.2 Å². The van der Waals surface area contributed by atoms with E-state index in [0.29, 0.717) is 5.92 Å². The topological polar surface area (TPSA) is 49.3 Å². The first-order chi connectivity index (χ1) is 12.6. The molecule has 1 saturated heterocycles. The van der Waals surface area contributed by atoms with Gasteiger partial charge in [0.25, 0.3) is 0 Å². The first kappa shape index (κ1) is 23.8. The monoisotopic (exact) mass is 490 g/mol. The molecular weight excluding hydrogens is 455 g/mol. The van der Waals surface area contributed by atoms with Gasteiger partial charge in [0.15, 0.2) is 5.96 Å². The van der Waals surface area contributed by atoms with E-state index >= 15 is 0 Å². The largest absolute Gasteiger partial charge is 0.497 e. The van der Waals surface area contributed by atoms with Crippen molar-refractivity contribution in [1.29, 1.82) is 0 Å². The molecule has 7 heteroatoms. The summed E-state index contributed by atoms with van der Waals surface area (Å²) in [6, 6.07) is 5.92. The molecule has 1 aromatic carbocycles. The second-order valence-corrected chi connectivity index (χ2v) is 6.92. The minimum atomic E-state index is 0. The van der Waals surface area contributed by atoms with Crippen LogP contribution in [-0.2, 0) is 6.54 Å². The van der Waals surface area contributed by atoms with E-state index in [1.165, 1.54) is 32.5 Å². The van der Waals surface area contributed by atoms with E-state index in [2.05, 4.69) is 34.1 Å². The van der Waals surface area contributed by atoms with Crippen LogP contribution in [0.1, 0.15) is 25.3 Å². The van der Waals surface area contributed by atoms with Crippen LogP contribution in [0.2, 0.25) is 0 Å². The Morgan fingerprint density at radius 1 is 1.33 bits per heavy atom. The molecular formula is C20H35IN4O2. The number of halogens is 1. The fourth-order valence-electron chi connectivity index (χ4n) is 3.53. The van der Waals surface area contributed by atoms with E-state index in [9.17, 15) is 0 Å². The summed E-state index contributed by atoms with van der Waals surface area (Å²) in [7, 11) is 7.24. The zero-order valence-corrected chi connectivity index (χ0v) is 19.7. The molecule has 1 N–H and O–H groups in total. The minimum absolute atomic E-state index is 0. The van der Waals surface area contributed by atoms with Gasteiger partial charge in [0.1, 0.15) is 11.5 Å². The van der Waals surface area contributed by atoms with Crippen LogP contribution < -0.4 is 14.8 Å². The van der Waals surface area contributed by atoms with Gasteiger partial charge in [0, 0.05) is 45.4 Å². The third kappa shape index (κ3) is 7.03. The van der Waals surface area contributed by atoms with Crippen molar-refractivity contribution in [3.8, 4) is 11.5 Å². The third-order valence-corrected chi connectivity index (χ3v) is 4.93. The molecule has 0 aliphatic carbocycles. The Bertz CT molecular complexity index is 597. The fourth-order valence-corrected chi connectivity index (χ4v) is 3.53. The van der Waals surface area contributed by atoms with Gasteiger partial charge in [-0.1, -0.05) is 6.92 Å². The molecule has 0 amide bonds. The van der Waals surface area contributed by atoms with Crippen molar-refractivity contribution >= 4 is 29.9 Å². The highest BCUT2D eigenvalue weighted by Gasteiger charge is 2.22. The zero-order chi connectivity index (χ0) is 18.9. The highest BCUT2D eigenvalue weighted by atomic mass is 127. The van der Waals surface area contributed by atoms with Gasteiger partial charge in [-0.05, 0) is 44.0 Å². The second-order valence-electron chi connectivity index (χ2n) is 6.92. The number of nitrogens with zero attached hydrogens (tertiary/aromatic N) is 3. The van der Waals surface area contributed by atoms with E-state index in [0.717, 1.165) is 36.1 Å². The predicted octanol–water partition coefficient (Wildman–Crippen LogP) is 3.06. The van der Waals surface area contributed by atoms with Crippen LogP contribution in [0.5, 0.6) is 11.5 Å². The van der Waals surface area contributed by atoms with Crippen LogP contribution in [0.3, 0.4) is 0 Å². The van der Waals surface area contributed by atoms with Gasteiger partial charge in [-0.15, -0.1) is 24.0 Å². The number of hydrogen-bond acceptors (Lipinski definition) is 4. The van der Waals surface area contributed by atoms with Crippen molar-refractivity contribution in [1.82, 2.24) is 15.1 Å². The lowest BCUT2D eigenvalue weighted by molar-refractivity contribution is 0.323. The molecule has 6 nitrogen and oxygen atoms in total. The van der Waals surface area contributed by atoms with E-state index in [-0.39, 0.29) is 24.0 Å². The van der Waals surface area contributed by atoms with E-state index in [4.69, 9.17) is 9.47 Å². The Labute approximate surface area is 181 Å². The molecule has 0 radical (unpaired) electrons. The molecule has 1 aliphatic heterocycles. The van der Waals surface area contributed by atoms with Crippen LogP contribution in [0.25, 0.3) is 0 Å². The van der Waals surface area contributed by atoms with Crippen molar-refractivity contribution in [2.45, 2.75) is 26.3 Å². The zero-order valence-electron chi connectivity index (χ0n) is 17.3. The highest BCUT2D eigenvalue weighted by Crippen LogP contribution is 2.25. The van der Waals surface area contributed by atoms with Crippen molar-refractivity contribution in [2.24, 2.45) is 10.9 Å². The van der Waals surface area contributed by atoms with Crippen LogP contribution in [0, 0.1) is 5.92 Å². The minimum Gasteiger partial charge on any atom is -0.497 e. The Balaban J connectivity index is 0.00000364. The average Bonchev–Trinajstić information content (AvgIpc) is 3.10. The Morgan fingerprint density at radius 3 is 2.74 bits per heavy atom. The van der Waals surface area contributed by atoms with Crippen LogP contribution in [-0.4, -0.2) is 70.3 Å². The fraction of sp³-hybridized carbons (Fsp3) is 0.650. The molecule has 1 aliphatic rings. The molecule has 2 rings (SSSR count). The predicted molar refractivity (Wildman–Crippen MR) is 123 cm³/mol.